The van der Waals surface area contributed by atoms with Crippen LogP contribution in [0.25, 0.3) is 0 Å². The van der Waals surface area contributed by atoms with Gasteiger partial charge in [0.05, 0.1) is 25.0 Å². The molecule has 0 unspecified atom stereocenters. The zero-order valence-corrected chi connectivity index (χ0v) is 15.7. The lowest BCUT2D eigenvalue weighted by Crippen LogP contribution is -2.41. The quantitative estimate of drug-likeness (QED) is 0.780. The van der Waals surface area contributed by atoms with E-state index in [1.165, 1.54) is 0 Å². The number of piperidine rings is 1. The minimum Gasteiger partial charge on any atom is -0.474 e. The molecule has 28 heavy (non-hydrogen) atoms. The number of likely N-dealkylation sites (tertiary alicyclic amines) is 1. The summed E-state index contributed by atoms with van der Waals surface area (Å²) in [6.07, 6.45) is 9.87. The van der Waals surface area contributed by atoms with Gasteiger partial charge in [-0.2, -0.15) is 0 Å². The van der Waals surface area contributed by atoms with Gasteiger partial charge in [-0.3, -0.25) is 9.78 Å². The largest absolute Gasteiger partial charge is 0.474 e. The first-order valence-corrected chi connectivity index (χ1v) is 9.70. The Kier molecular flexibility index (Phi) is 5.96. The van der Waals surface area contributed by atoms with Crippen LogP contribution in [-0.2, 0) is 4.74 Å². The molecule has 0 aromatic carbocycles. The summed E-state index contributed by atoms with van der Waals surface area (Å²) in [4.78, 5) is 27.0. The molecule has 2 saturated heterocycles. The summed E-state index contributed by atoms with van der Waals surface area (Å²) in [6, 6.07) is 3.55. The third-order valence-electron chi connectivity index (χ3n) is 5.00. The fourth-order valence-electron chi connectivity index (χ4n) is 3.42. The topological polar surface area (TPSA) is 86.7 Å². The van der Waals surface area contributed by atoms with E-state index in [1.54, 1.807) is 36.9 Å². The Bertz CT molecular complexity index is 758. The van der Waals surface area contributed by atoms with Gasteiger partial charge in [-0.15, -0.1) is 0 Å². The molecule has 0 atom stereocenters. The predicted molar refractivity (Wildman–Crippen MR) is 100 cm³/mol. The average Bonchev–Trinajstić information content (AvgIpc) is 2.76. The highest BCUT2D eigenvalue weighted by molar-refractivity contribution is 5.94. The molecule has 0 bridgehead atoms. The number of amides is 1. The van der Waals surface area contributed by atoms with Crippen LogP contribution in [0.1, 0.15) is 36.0 Å². The molecule has 0 N–H and O–H groups in total. The number of ether oxygens (including phenoxy) is 3. The van der Waals surface area contributed by atoms with Gasteiger partial charge in [0.2, 0.25) is 11.8 Å². The van der Waals surface area contributed by atoms with Gasteiger partial charge in [0.1, 0.15) is 12.2 Å². The van der Waals surface area contributed by atoms with Crippen molar-refractivity contribution in [1.82, 2.24) is 19.9 Å². The standard InChI is InChI=1S/C20H24N4O4/c25-20(15-1-2-18(23-13-15)27-17-5-11-26-12-6-17)24-9-3-16(4-10-24)28-19-14-21-7-8-22-19/h1-2,7-8,13-14,16-17H,3-6,9-12H2. The molecule has 148 valence electrons. The second kappa shape index (κ2) is 8.97. The van der Waals surface area contributed by atoms with Crippen molar-refractivity contribution in [3.63, 3.8) is 0 Å². The van der Waals surface area contributed by atoms with Crippen LogP contribution in [0, 0.1) is 0 Å². The predicted octanol–water partition coefficient (Wildman–Crippen LogP) is 2.11. The maximum Gasteiger partial charge on any atom is 0.255 e. The summed E-state index contributed by atoms with van der Waals surface area (Å²) in [5, 5.41) is 0. The van der Waals surface area contributed by atoms with Crippen LogP contribution in [0.5, 0.6) is 11.8 Å². The Morgan fingerprint density at radius 1 is 0.929 bits per heavy atom. The molecule has 0 aliphatic carbocycles. The molecule has 0 saturated carbocycles. The second-order valence-corrected chi connectivity index (χ2v) is 6.97. The SMILES string of the molecule is O=C(c1ccc(OC2CCOCC2)nc1)N1CCC(Oc2cnccn2)CC1. The number of carbonyl (C=O) groups excluding carboxylic acids is 1. The van der Waals surface area contributed by atoms with Crippen LogP contribution < -0.4 is 9.47 Å². The van der Waals surface area contributed by atoms with Crippen molar-refractivity contribution in [2.24, 2.45) is 0 Å². The van der Waals surface area contributed by atoms with Crippen molar-refractivity contribution >= 4 is 5.91 Å². The third-order valence-corrected chi connectivity index (χ3v) is 5.00. The lowest BCUT2D eigenvalue weighted by Gasteiger charge is -2.31. The van der Waals surface area contributed by atoms with E-state index >= 15 is 0 Å². The molecule has 2 fully saturated rings. The Morgan fingerprint density at radius 3 is 2.36 bits per heavy atom. The fraction of sp³-hybridized carbons (Fsp3) is 0.500. The summed E-state index contributed by atoms with van der Waals surface area (Å²) in [5.41, 5.74) is 0.577. The Hall–Kier alpha value is -2.74. The maximum atomic E-state index is 12.7. The van der Waals surface area contributed by atoms with Gasteiger partial charge in [0.15, 0.2) is 0 Å². The summed E-state index contributed by atoms with van der Waals surface area (Å²) in [7, 11) is 0. The lowest BCUT2D eigenvalue weighted by atomic mass is 10.1. The van der Waals surface area contributed by atoms with Crippen LogP contribution in [0.2, 0.25) is 0 Å². The number of hydrogen-bond donors (Lipinski definition) is 0. The van der Waals surface area contributed by atoms with Crippen LogP contribution in [0.15, 0.2) is 36.9 Å². The highest BCUT2D eigenvalue weighted by atomic mass is 16.5. The maximum absolute atomic E-state index is 12.7. The van der Waals surface area contributed by atoms with Crippen molar-refractivity contribution in [3.05, 3.63) is 42.5 Å². The number of pyridine rings is 1. The van der Waals surface area contributed by atoms with Crippen molar-refractivity contribution in [2.45, 2.75) is 37.9 Å². The molecule has 2 aromatic heterocycles. The minimum atomic E-state index is -0.0110. The molecule has 2 aliphatic heterocycles. The minimum absolute atomic E-state index is 0.0110. The molecule has 0 spiro atoms. The van der Waals surface area contributed by atoms with Crippen molar-refractivity contribution < 1.29 is 19.0 Å². The third kappa shape index (κ3) is 4.75. The molecule has 8 heteroatoms. The van der Waals surface area contributed by atoms with Gasteiger partial charge >= 0.3 is 0 Å². The Balaban J connectivity index is 1.27. The van der Waals surface area contributed by atoms with Crippen molar-refractivity contribution in [2.75, 3.05) is 26.3 Å². The number of aromatic nitrogens is 3. The Morgan fingerprint density at radius 2 is 1.68 bits per heavy atom. The van der Waals surface area contributed by atoms with Gasteiger partial charge in [-0.1, -0.05) is 0 Å². The fourth-order valence-corrected chi connectivity index (χ4v) is 3.42. The highest BCUT2D eigenvalue weighted by Crippen LogP contribution is 2.20. The molecule has 4 heterocycles. The van der Waals surface area contributed by atoms with Gasteiger partial charge in [-0.05, 0) is 6.07 Å². The van der Waals surface area contributed by atoms with Crippen molar-refractivity contribution in [1.29, 1.82) is 0 Å². The molecule has 1 amide bonds. The number of rotatable bonds is 5. The van der Waals surface area contributed by atoms with E-state index in [4.69, 9.17) is 14.2 Å². The van der Waals surface area contributed by atoms with Gasteiger partial charge in [0.25, 0.3) is 5.91 Å². The molecular formula is C20H24N4O4. The summed E-state index contributed by atoms with van der Waals surface area (Å²) >= 11 is 0. The molecular weight excluding hydrogens is 360 g/mol. The van der Waals surface area contributed by atoms with E-state index in [1.807, 2.05) is 4.90 Å². The van der Waals surface area contributed by atoms with Gasteiger partial charge in [-0.25, -0.2) is 9.97 Å². The van der Waals surface area contributed by atoms with Crippen molar-refractivity contribution in [3.8, 4) is 11.8 Å². The van der Waals surface area contributed by atoms with Gasteiger partial charge < -0.3 is 19.1 Å². The second-order valence-electron chi connectivity index (χ2n) is 6.97. The van der Waals surface area contributed by atoms with Crippen LogP contribution in [0.4, 0.5) is 0 Å². The molecule has 0 radical (unpaired) electrons. The highest BCUT2D eigenvalue weighted by Gasteiger charge is 2.25. The lowest BCUT2D eigenvalue weighted by molar-refractivity contribution is 0.0237. The first-order chi connectivity index (χ1) is 13.8. The first-order valence-electron chi connectivity index (χ1n) is 9.70. The van der Waals surface area contributed by atoms with Crippen LogP contribution >= 0.6 is 0 Å². The summed E-state index contributed by atoms with van der Waals surface area (Å²) in [5.74, 6) is 1.07. The molecule has 2 aromatic rings. The van der Waals surface area contributed by atoms with E-state index in [9.17, 15) is 4.79 Å². The van der Waals surface area contributed by atoms with E-state index < -0.39 is 0 Å². The normalized spacial score (nSPS) is 18.6. The molecule has 8 nitrogen and oxygen atoms in total. The summed E-state index contributed by atoms with van der Waals surface area (Å²) in [6.45, 7) is 2.73. The van der Waals surface area contributed by atoms with Crippen LogP contribution in [0.3, 0.4) is 0 Å². The van der Waals surface area contributed by atoms with E-state index in [0.717, 1.165) is 38.9 Å². The van der Waals surface area contributed by atoms with Gasteiger partial charge in [0, 0.05) is 63.4 Å². The zero-order chi connectivity index (χ0) is 19.2. The summed E-state index contributed by atoms with van der Waals surface area (Å²) < 4.78 is 17.0. The monoisotopic (exact) mass is 384 g/mol. The number of carbonyl (C=O) groups is 1. The van der Waals surface area contributed by atoms with E-state index in [2.05, 4.69) is 15.0 Å². The van der Waals surface area contributed by atoms with E-state index in [0.29, 0.717) is 30.4 Å². The molecule has 4 rings (SSSR count). The first kappa shape index (κ1) is 18.6. The Labute approximate surface area is 163 Å². The van der Waals surface area contributed by atoms with Crippen LogP contribution in [-0.4, -0.2) is 64.3 Å². The average molecular weight is 384 g/mol. The number of hydrogen-bond acceptors (Lipinski definition) is 7. The smallest absolute Gasteiger partial charge is 0.255 e. The van der Waals surface area contributed by atoms with E-state index in [-0.39, 0.29) is 18.1 Å². The number of nitrogens with zero attached hydrogens (tertiary/aromatic N) is 4. The molecule has 2 aliphatic rings. The zero-order valence-electron chi connectivity index (χ0n) is 15.7.